The van der Waals surface area contributed by atoms with Gasteiger partial charge >= 0.3 is 0 Å². The molecule has 0 aliphatic rings. The largest absolute Gasteiger partial charge is 0.356 e. The zero-order valence-corrected chi connectivity index (χ0v) is 23.1. The summed E-state index contributed by atoms with van der Waals surface area (Å²) in [4.78, 5) is 37.0. The lowest BCUT2D eigenvalue weighted by Crippen LogP contribution is -2.47. The molecular weight excluding hydrogens is 438 g/mol. The van der Waals surface area contributed by atoms with E-state index in [2.05, 4.69) is 48.9 Å². The minimum Gasteiger partial charge on any atom is -0.356 e. The van der Waals surface area contributed by atoms with Crippen LogP contribution in [0.1, 0.15) is 136 Å². The monoisotopic (exact) mass is 493 g/mol. The molecule has 1 atom stereocenters. The Morgan fingerprint density at radius 1 is 0.600 bits per heavy atom. The van der Waals surface area contributed by atoms with Gasteiger partial charge in [-0.25, -0.2) is 0 Å². The molecule has 0 heterocycles. The van der Waals surface area contributed by atoms with Crippen LogP contribution in [0.2, 0.25) is 0 Å². The molecule has 204 valence electrons. The molecule has 0 aromatic heterocycles. The van der Waals surface area contributed by atoms with Crippen LogP contribution < -0.4 is 16.0 Å². The number of carbonyl (C=O) groups excluding carboxylic acids is 3. The van der Waals surface area contributed by atoms with Crippen LogP contribution in [0.15, 0.2) is 12.2 Å². The molecule has 3 N–H and O–H groups in total. The Bertz CT molecular complexity index is 563. The maximum absolute atomic E-state index is 12.6. The summed E-state index contributed by atoms with van der Waals surface area (Å²) in [5.74, 6) is -0.343. The second-order valence-corrected chi connectivity index (χ2v) is 9.63. The Kier molecular flexibility index (Phi) is 23.9. The second kappa shape index (κ2) is 25.2. The number of nitrogens with one attached hydrogen (secondary N) is 3. The Balaban J connectivity index is 4.08. The van der Waals surface area contributed by atoms with Crippen LogP contribution in [0.4, 0.5) is 0 Å². The van der Waals surface area contributed by atoms with Gasteiger partial charge in [0.1, 0.15) is 6.04 Å². The fourth-order valence-corrected chi connectivity index (χ4v) is 3.83. The van der Waals surface area contributed by atoms with Crippen molar-refractivity contribution in [2.75, 3.05) is 13.1 Å². The highest BCUT2D eigenvalue weighted by molar-refractivity contribution is 5.88. The Labute approximate surface area is 215 Å². The summed E-state index contributed by atoms with van der Waals surface area (Å²) in [6.07, 6.45) is 22.5. The van der Waals surface area contributed by atoms with E-state index in [1.54, 1.807) is 0 Å². The molecule has 0 bridgehead atoms. The fraction of sp³-hybridized carbons (Fsp3) is 0.828. The molecule has 0 unspecified atom stereocenters. The maximum Gasteiger partial charge on any atom is 0.242 e. The van der Waals surface area contributed by atoms with Gasteiger partial charge in [-0.15, -0.1) is 0 Å². The molecular formula is C29H55N3O3. The van der Waals surface area contributed by atoms with Crippen molar-refractivity contribution in [1.29, 1.82) is 0 Å². The third-order valence-corrected chi connectivity index (χ3v) is 6.14. The molecule has 0 aromatic carbocycles. The van der Waals surface area contributed by atoms with E-state index in [9.17, 15) is 14.4 Å². The maximum atomic E-state index is 12.6. The first-order valence-corrected chi connectivity index (χ1v) is 14.5. The second-order valence-electron chi connectivity index (χ2n) is 9.63. The molecule has 0 aliphatic carbocycles. The van der Waals surface area contributed by atoms with Crippen molar-refractivity contribution < 1.29 is 14.4 Å². The van der Waals surface area contributed by atoms with Gasteiger partial charge in [-0.3, -0.25) is 14.4 Å². The summed E-state index contributed by atoms with van der Waals surface area (Å²) in [6.45, 7) is 7.61. The van der Waals surface area contributed by atoms with Crippen LogP contribution in [-0.4, -0.2) is 36.9 Å². The van der Waals surface area contributed by atoms with Gasteiger partial charge in [0.25, 0.3) is 0 Å². The van der Waals surface area contributed by atoms with E-state index in [0.717, 1.165) is 44.9 Å². The average Bonchev–Trinajstić information content (AvgIpc) is 2.84. The smallest absolute Gasteiger partial charge is 0.242 e. The third-order valence-electron chi connectivity index (χ3n) is 6.14. The van der Waals surface area contributed by atoms with Gasteiger partial charge in [-0.2, -0.15) is 0 Å². The highest BCUT2D eigenvalue weighted by Crippen LogP contribution is 2.11. The van der Waals surface area contributed by atoms with Crippen LogP contribution in [0.5, 0.6) is 0 Å². The lowest BCUT2D eigenvalue weighted by atomic mass is 10.1. The zero-order chi connectivity index (χ0) is 26.0. The molecule has 0 saturated carbocycles. The number of rotatable bonds is 24. The first-order valence-electron chi connectivity index (χ1n) is 14.5. The predicted octanol–water partition coefficient (Wildman–Crippen LogP) is 6.34. The van der Waals surface area contributed by atoms with E-state index >= 15 is 0 Å². The van der Waals surface area contributed by atoms with Gasteiger partial charge in [0.05, 0.1) is 0 Å². The minimum absolute atomic E-state index is 0.0629. The number of hydrogen-bond acceptors (Lipinski definition) is 3. The Morgan fingerprint density at radius 2 is 1.17 bits per heavy atom. The van der Waals surface area contributed by atoms with Crippen molar-refractivity contribution in [3.05, 3.63) is 12.2 Å². The highest BCUT2D eigenvalue weighted by Gasteiger charge is 2.21. The summed E-state index contributed by atoms with van der Waals surface area (Å²) < 4.78 is 0. The topological polar surface area (TPSA) is 87.3 Å². The van der Waals surface area contributed by atoms with Gasteiger partial charge in [-0.05, 0) is 44.9 Å². The SMILES string of the molecule is CCC/C=C/CCCCCCCCCCC(=O)N[C@@H](CCC(=O)NCCCC)C(=O)NCCCC. The van der Waals surface area contributed by atoms with Gasteiger partial charge in [0.15, 0.2) is 0 Å². The summed E-state index contributed by atoms with van der Waals surface area (Å²) in [5.41, 5.74) is 0. The number of carbonyl (C=O) groups is 3. The number of unbranched alkanes of at least 4 members (excludes halogenated alkanes) is 11. The third kappa shape index (κ3) is 22.4. The van der Waals surface area contributed by atoms with Gasteiger partial charge < -0.3 is 16.0 Å². The molecule has 0 saturated heterocycles. The van der Waals surface area contributed by atoms with Crippen LogP contribution in [0, 0.1) is 0 Å². The van der Waals surface area contributed by atoms with Gasteiger partial charge in [0.2, 0.25) is 17.7 Å². The van der Waals surface area contributed by atoms with Crippen molar-refractivity contribution in [3.8, 4) is 0 Å². The molecule has 6 nitrogen and oxygen atoms in total. The summed E-state index contributed by atoms with van der Waals surface area (Å²) in [5, 5.41) is 8.64. The molecule has 0 spiro atoms. The van der Waals surface area contributed by atoms with Crippen molar-refractivity contribution in [2.45, 2.75) is 142 Å². The van der Waals surface area contributed by atoms with E-state index in [-0.39, 0.29) is 24.1 Å². The van der Waals surface area contributed by atoms with E-state index in [4.69, 9.17) is 0 Å². The molecule has 6 heteroatoms. The van der Waals surface area contributed by atoms with Crippen LogP contribution in [0.3, 0.4) is 0 Å². The summed E-state index contributed by atoms with van der Waals surface area (Å²) in [7, 11) is 0. The van der Waals surface area contributed by atoms with Crippen LogP contribution in [-0.2, 0) is 14.4 Å². The van der Waals surface area contributed by atoms with Crippen LogP contribution in [0.25, 0.3) is 0 Å². The molecule has 0 radical (unpaired) electrons. The number of hydrogen-bond donors (Lipinski definition) is 3. The quantitative estimate of drug-likeness (QED) is 0.108. The van der Waals surface area contributed by atoms with E-state index in [1.165, 1.54) is 51.4 Å². The van der Waals surface area contributed by atoms with E-state index in [1.807, 2.05) is 0 Å². The first-order chi connectivity index (χ1) is 17.0. The molecule has 0 aliphatic heterocycles. The average molecular weight is 494 g/mol. The van der Waals surface area contributed by atoms with Crippen molar-refractivity contribution >= 4 is 17.7 Å². The molecule has 35 heavy (non-hydrogen) atoms. The normalized spacial score (nSPS) is 12.0. The van der Waals surface area contributed by atoms with Crippen molar-refractivity contribution in [2.24, 2.45) is 0 Å². The van der Waals surface area contributed by atoms with Crippen LogP contribution >= 0.6 is 0 Å². The first kappa shape index (κ1) is 33.1. The summed E-state index contributed by atoms with van der Waals surface area (Å²) >= 11 is 0. The molecule has 3 amide bonds. The van der Waals surface area contributed by atoms with Gasteiger partial charge in [-0.1, -0.05) is 90.7 Å². The Morgan fingerprint density at radius 3 is 1.80 bits per heavy atom. The van der Waals surface area contributed by atoms with Gasteiger partial charge in [0, 0.05) is 25.9 Å². The standard InChI is InChI=1S/C29H55N3O3/c1-4-7-10-11-12-13-14-15-16-17-18-19-20-21-28(34)32-26(29(35)31-25-9-6-3)22-23-27(33)30-24-8-5-2/h10-11,26H,4-9,12-25H2,1-3H3,(H,30,33)(H,31,35)(H,32,34)/b11-10+/t26-/m0/s1. The molecule has 0 rings (SSSR count). The van der Waals surface area contributed by atoms with E-state index in [0.29, 0.717) is 25.9 Å². The lowest BCUT2D eigenvalue weighted by molar-refractivity contribution is -0.129. The van der Waals surface area contributed by atoms with Crippen molar-refractivity contribution in [3.63, 3.8) is 0 Å². The number of amides is 3. The highest BCUT2D eigenvalue weighted by atomic mass is 16.2. The van der Waals surface area contributed by atoms with Crippen molar-refractivity contribution in [1.82, 2.24) is 16.0 Å². The predicted molar refractivity (Wildman–Crippen MR) is 147 cm³/mol. The lowest BCUT2D eigenvalue weighted by Gasteiger charge is -2.18. The number of allylic oxidation sites excluding steroid dienone is 2. The summed E-state index contributed by atoms with van der Waals surface area (Å²) in [6, 6.07) is -0.645. The van der Waals surface area contributed by atoms with E-state index < -0.39 is 6.04 Å². The molecule has 0 fully saturated rings. The fourth-order valence-electron chi connectivity index (χ4n) is 3.83. The molecule has 0 aromatic rings. The zero-order valence-electron chi connectivity index (χ0n) is 23.1. The minimum atomic E-state index is -0.645. The Hall–Kier alpha value is -1.85.